The molecule has 0 atom stereocenters. The van der Waals surface area contributed by atoms with Gasteiger partial charge in [0.25, 0.3) is 0 Å². The molecule has 6 heteroatoms. The average molecular weight is 369 g/mol. The molecule has 134 valence electrons. The summed E-state index contributed by atoms with van der Waals surface area (Å²) < 4.78 is 16.0. The van der Waals surface area contributed by atoms with E-state index in [9.17, 15) is 4.79 Å². The Morgan fingerprint density at radius 3 is 2.38 bits per heavy atom. The summed E-state index contributed by atoms with van der Waals surface area (Å²) in [4.78, 5) is 17.1. The molecular weight excluding hydrogens is 350 g/mol. The van der Waals surface area contributed by atoms with E-state index in [1.54, 1.807) is 30.5 Å². The fraction of sp³-hybridized carbons (Fsp3) is 0.200. The van der Waals surface area contributed by atoms with Crippen LogP contribution < -0.4 is 9.47 Å². The van der Waals surface area contributed by atoms with E-state index in [4.69, 9.17) is 14.2 Å². The Kier molecular flexibility index (Phi) is 6.22. The minimum atomic E-state index is -0.423. The van der Waals surface area contributed by atoms with Gasteiger partial charge < -0.3 is 14.2 Å². The highest BCUT2D eigenvalue weighted by molar-refractivity contribution is 7.15. The summed E-state index contributed by atoms with van der Waals surface area (Å²) in [5.41, 5.74) is 1.05. The van der Waals surface area contributed by atoms with Crippen molar-refractivity contribution in [2.45, 2.75) is 13.5 Å². The minimum Gasteiger partial charge on any atom is -0.494 e. The molecule has 0 saturated heterocycles. The molecule has 0 aliphatic carbocycles. The van der Waals surface area contributed by atoms with Gasteiger partial charge in [0.1, 0.15) is 23.1 Å². The first-order chi connectivity index (χ1) is 12.7. The summed E-state index contributed by atoms with van der Waals surface area (Å²) in [6, 6.07) is 17.0. The van der Waals surface area contributed by atoms with E-state index in [-0.39, 0.29) is 13.2 Å². The molecule has 3 aromatic rings. The molecule has 1 heterocycles. The zero-order valence-corrected chi connectivity index (χ0v) is 15.2. The first kappa shape index (κ1) is 17.9. The molecular formula is C20H19NO4S. The fourth-order valence-corrected chi connectivity index (χ4v) is 3.05. The maximum atomic E-state index is 11.8. The zero-order valence-electron chi connectivity index (χ0n) is 14.4. The molecule has 0 unspecified atom stereocenters. The van der Waals surface area contributed by atoms with Crippen molar-refractivity contribution < 1.29 is 19.0 Å². The number of aromatic nitrogens is 1. The molecule has 0 amide bonds. The van der Waals surface area contributed by atoms with Gasteiger partial charge >= 0.3 is 5.97 Å². The highest BCUT2D eigenvalue weighted by atomic mass is 32.1. The van der Waals surface area contributed by atoms with Crippen molar-refractivity contribution in [2.75, 3.05) is 13.2 Å². The van der Waals surface area contributed by atoms with Crippen molar-refractivity contribution in [1.82, 2.24) is 4.98 Å². The maximum absolute atomic E-state index is 11.8. The lowest BCUT2D eigenvalue weighted by atomic mass is 10.2. The number of hydrogen-bond acceptors (Lipinski definition) is 6. The van der Waals surface area contributed by atoms with Crippen molar-refractivity contribution in [2.24, 2.45) is 0 Å². The van der Waals surface area contributed by atoms with E-state index >= 15 is 0 Å². The van der Waals surface area contributed by atoms with E-state index in [1.807, 2.05) is 37.3 Å². The normalized spacial score (nSPS) is 10.3. The summed E-state index contributed by atoms with van der Waals surface area (Å²) in [6.07, 6.45) is 1.73. The number of carbonyl (C=O) groups is 1. The first-order valence-corrected chi connectivity index (χ1v) is 9.07. The van der Waals surface area contributed by atoms with Crippen LogP contribution in [0.5, 0.6) is 11.5 Å². The van der Waals surface area contributed by atoms with Gasteiger partial charge in [-0.05, 0) is 31.2 Å². The molecule has 0 aliphatic rings. The highest BCUT2D eigenvalue weighted by Crippen LogP contribution is 2.25. The number of benzene rings is 2. The summed E-state index contributed by atoms with van der Waals surface area (Å²) >= 11 is 1.51. The topological polar surface area (TPSA) is 57.7 Å². The van der Waals surface area contributed by atoms with Crippen LogP contribution in [0, 0.1) is 0 Å². The largest absolute Gasteiger partial charge is 0.494 e. The second-order valence-electron chi connectivity index (χ2n) is 5.35. The molecule has 3 rings (SSSR count). The summed E-state index contributed by atoms with van der Waals surface area (Å²) in [5.74, 6) is 0.935. The first-order valence-electron chi connectivity index (χ1n) is 8.26. The Bertz CT molecular complexity index is 831. The molecule has 2 aromatic carbocycles. The quantitative estimate of drug-likeness (QED) is 0.553. The molecule has 26 heavy (non-hydrogen) atoms. The third kappa shape index (κ3) is 5.07. The third-order valence-corrected chi connectivity index (χ3v) is 4.46. The van der Waals surface area contributed by atoms with E-state index in [0.717, 1.165) is 21.2 Å². The van der Waals surface area contributed by atoms with Gasteiger partial charge in [-0.15, -0.1) is 11.3 Å². The number of hydrogen-bond donors (Lipinski definition) is 0. The highest BCUT2D eigenvalue weighted by Gasteiger charge is 2.08. The lowest BCUT2D eigenvalue weighted by Gasteiger charge is -2.07. The van der Waals surface area contributed by atoms with E-state index in [0.29, 0.717) is 12.4 Å². The van der Waals surface area contributed by atoms with Crippen LogP contribution in [0.25, 0.3) is 10.6 Å². The SMILES string of the molecule is CCOc1ccc(OCC(=O)OCc2cnc(-c3ccccc3)s2)cc1. The molecule has 0 saturated carbocycles. The Balaban J connectivity index is 1.45. The smallest absolute Gasteiger partial charge is 0.344 e. The number of nitrogens with zero attached hydrogens (tertiary/aromatic N) is 1. The second kappa shape index (κ2) is 9.01. The van der Waals surface area contributed by atoms with Gasteiger partial charge in [-0.1, -0.05) is 30.3 Å². The number of ether oxygens (including phenoxy) is 3. The number of thiazole rings is 1. The van der Waals surface area contributed by atoms with E-state index in [2.05, 4.69) is 4.98 Å². The fourth-order valence-electron chi connectivity index (χ4n) is 2.22. The van der Waals surface area contributed by atoms with Gasteiger partial charge in [-0.2, -0.15) is 0 Å². The third-order valence-electron chi connectivity index (χ3n) is 3.44. The van der Waals surface area contributed by atoms with Gasteiger partial charge in [0.2, 0.25) is 0 Å². The van der Waals surface area contributed by atoms with Crippen LogP contribution in [-0.4, -0.2) is 24.2 Å². The van der Waals surface area contributed by atoms with Gasteiger partial charge in [-0.3, -0.25) is 0 Å². The van der Waals surface area contributed by atoms with Crippen LogP contribution in [0.15, 0.2) is 60.8 Å². The van der Waals surface area contributed by atoms with Crippen LogP contribution >= 0.6 is 11.3 Å². The maximum Gasteiger partial charge on any atom is 0.344 e. The second-order valence-corrected chi connectivity index (χ2v) is 6.47. The molecule has 0 spiro atoms. The standard InChI is InChI=1S/C20H19NO4S/c1-2-23-16-8-10-17(11-9-16)24-14-19(22)25-13-18-12-21-20(26-18)15-6-4-3-5-7-15/h3-12H,2,13-14H2,1H3. The van der Waals surface area contributed by atoms with Crippen molar-refractivity contribution in [3.8, 4) is 22.1 Å². The van der Waals surface area contributed by atoms with Gasteiger partial charge in [0.05, 0.1) is 11.5 Å². The zero-order chi connectivity index (χ0) is 18.2. The Labute approximate surface area is 156 Å². The van der Waals surface area contributed by atoms with Crippen LogP contribution in [0.2, 0.25) is 0 Å². The number of esters is 1. The number of carbonyl (C=O) groups excluding carboxylic acids is 1. The van der Waals surface area contributed by atoms with Crippen molar-refractivity contribution in [1.29, 1.82) is 0 Å². The van der Waals surface area contributed by atoms with E-state index < -0.39 is 5.97 Å². The Morgan fingerprint density at radius 1 is 1.00 bits per heavy atom. The molecule has 5 nitrogen and oxygen atoms in total. The van der Waals surface area contributed by atoms with E-state index in [1.165, 1.54) is 11.3 Å². The Morgan fingerprint density at radius 2 is 1.69 bits per heavy atom. The van der Waals surface area contributed by atoms with Crippen LogP contribution in [-0.2, 0) is 16.1 Å². The molecule has 0 aliphatic heterocycles. The molecule has 0 bridgehead atoms. The molecule has 0 radical (unpaired) electrons. The predicted octanol–water partition coefficient (Wildman–Crippen LogP) is 4.33. The van der Waals surface area contributed by atoms with Gasteiger partial charge in [0, 0.05) is 11.8 Å². The average Bonchev–Trinajstić information content (AvgIpc) is 3.16. The van der Waals surface area contributed by atoms with Crippen molar-refractivity contribution >= 4 is 17.3 Å². The summed E-state index contributed by atoms with van der Waals surface area (Å²) in [7, 11) is 0. The van der Waals surface area contributed by atoms with Crippen molar-refractivity contribution in [3.05, 3.63) is 65.7 Å². The van der Waals surface area contributed by atoms with Crippen molar-refractivity contribution in [3.63, 3.8) is 0 Å². The molecule has 0 fully saturated rings. The predicted molar refractivity (Wildman–Crippen MR) is 100 cm³/mol. The van der Waals surface area contributed by atoms with Gasteiger partial charge in [-0.25, -0.2) is 9.78 Å². The molecule has 1 aromatic heterocycles. The summed E-state index contributed by atoms with van der Waals surface area (Å²) in [6.45, 7) is 2.58. The summed E-state index contributed by atoms with van der Waals surface area (Å²) in [5, 5.41) is 0.905. The minimum absolute atomic E-state index is 0.141. The van der Waals surface area contributed by atoms with Crippen LogP contribution in [0.4, 0.5) is 0 Å². The van der Waals surface area contributed by atoms with Gasteiger partial charge in [0.15, 0.2) is 6.61 Å². The molecule has 0 N–H and O–H groups in total. The number of rotatable bonds is 8. The lowest BCUT2D eigenvalue weighted by molar-refractivity contribution is -0.147. The Hall–Kier alpha value is -2.86. The van der Waals surface area contributed by atoms with Crippen LogP contribution in [0.1, 0.15) is 11.8 Å². The monoisotopic (exact) mass is 369 g/mol. The van der Waals surface area contributed by atoms with Crippen LogP contribution in [0.3, 0.4) is 0 Å². The lowest BCUT2D eigenvalue weighted by Crippen LogP contribution is -2.14.